The molecule has 2 aromatic carbocycles. The van der Waals surface area contributed by atoms with Crippen LogP contribution < -0.4 is 4.90 Å². The van der Waals surface area contributed by atoms with Crippen molar-refractivity contribution in [2.75, 3.05) is 18.0 Å². The van der Waals surface area contributed by atoms with Gasteiger partial charge in [-0.05, 0) is 62.8 Å². The number of carbonyl (C=O) groups is 1. The van der Waals surface area contributed by atoms with E-state index in [2.05, 4.69) is 91.1 Å². The van der Waals surface area contributed by atoms with E-state index >= 15 is 0 Å². The number of carboxylic acid groups (broad SMARTS) is 1. The van der Waals surface area contributed by atoms with Crippen molar-refractivity contribution in [1.82, 2.24) is 24.5 Å². The first-order chi connectivity index (χ1) is 20.7. The summed E-state index contributed by atoms with van der Waals surface area (Å²) in [6.45, 7) is 11.1. The second kappa shape index (κ2) is 10.4. The Morgan fingerprint density at radius 1 is 1.05 bits per heavy atom. The van der Waals surface area contributed by atoms with E-state index in [-0.39, 0.29) is 17.3 Å². The Morgan fingerprint density at radius 3 is 2.58 bits per heavy atom. The first kappa shape index (κ1) is 27.4. The van der Waals surface area contributed by atoms with E-state index in [0.29, 0.717) is 0 Å². The van der Waals surface area contributed by atoms with Crippen LogP contribution in [0, 0.1) is 25.2 Å². The molecule has 0 bridgehead atoms. The van der Waals surface area contributed by atoms with Crippen LogP contribution in [0.1, 0.15) is 55.1 Å². The predicted molar refractivity (Wildman–Crippen MR) is 169 cm³/mol. The quantitative estimate of drug-likeness (QED) is 0.226. The number of hydrogen-bond acceptors (Lipinski definition) is 5. The molecule has 8 nitrogen and oxygen atoms in total. The van der Waals surface area contributed by atoms with Crippen molar-refractivity contribution >= 4 is 22.7 Å². The molecule has 43 heavy (non-hydrogen) atoms. The van der Waals surface area contributed by atoms with Gasteiger partial charge in [-0.2, -0.15) is 10.2 Å². The molecule has 0 radical (unpaired) electrons. The van der Waals surface area contributed by atoms with E-state index in [9.17, 15) is 9.90 Å². The standard InChI is InChI=1S/C35H38N6O2/c1-22(2)32-24(4)41(30-13-14-31(36-23(30)3)39-18-16-35(21-39)19-28(35)34(42)43)38-33(32)26-11-8-12-29-27(26)20-40(37-29)17-15-25-9-6-5-7-10-25/h5-14,20,22,28H,15-19,21H2,1-4H3,(H,42,43). The van der Waals surface area contributed by atoms with E-state index in [4.69, 9.17) is 15.2 Å². The zero-order valence-corrected chi connectivity index (χ0v) is 25.3. The van der Waals surface area contributed by atoms with Gasteiger partial charge in [0.1, 0.15) is 5.82 Å². The van der Waals surface area contributed by atoms with Crippen LogP contribution in [0.4, 0.5) is 5.82 Å². The maximum atomic E-state index is 11.5. The van der Waals surface area contributed by atoms with Crippen LogP contribution >= 0.6 is 0 Å². The number of benzene rings is 2. The number of nitrogens with zero attached hydrogens (tertiary/aromatic N) is 6. The number of carboxylic acids is 1. The van der Waals surface area contributed by atoms with Crippen molar-refractivity contribution in [3.63, 3.8) is 0 Å². The zero-order valence-electron chi connectivity index (χ0n) is 25.3. The van der Waals surface area contributed by atoms with E-state index in [0.717, 1.165) is 84.0 Å². The van der Waals surface area contributed by atoms with E-state index < -0.39 is 5.97 Å². The molecular formula is C35H38N6O2. The molecule has 1 spiro atoms. The monoisotopic (exact) mass is 574 g/mol. The fourth-order valence-electron chi connectivity index (χ4n) is 7.12. The lowest BCUT2D eigenvalue weighted by atomic mass is 9.95. The summed E-state index contributed by atoms with van der Waals surface area (Å²) in [6.07, 6.45) is 4.78. The summed E-state index contributed by atoms with van der Waals surface area (Å²) in [5.74, 6) is 0.317. The van der Waals surface area contributed by atoms with Gasteiger partial charge in [0.25, 0.3) is 0 Å². The molecule has 1 aliphatic carbocycles. The molecule has 1 saturated heterocycles. The minimum atomic E-state index is -0.664. The summed E-state index contributed by atoms with van der Waals surface area (Å²) in [5.41, 5.74) is 8.48. The van der Waals surface area contributed by atoms with Crippen LogP contribution in [0.15, 0.2) is 66.9 Å². The number of aliphatic carboxylic acids is 1. The van der Waals surface area contributed by atoms with Crippen LogP contribution in [-0.2, 0) is 17.8 Å². The molecule has 2 aliphatic rings. The number of fused-ring (bicyclic) bond motifs is 1. The maximum absolute atomic E-state index is 11.5. The Bertz CT molecular complexity index is 1840. The van der Waals surface area contributed by atoms with Crippen molar-refractivity contribution in [3.05, 3.63) is 89.4 Å². The third-order valence-electron chi connectivity index (χ3n) is 9.53. The van der Waals surface area contributed by atoms with Crippen molar-refractivity contribution in [2.24, 2.45) is 11.3 Å². The summed E-state index contributed by atoms with van der Waals surface area (Å²) in [7, 11) is 0. The van der Waals surface area contributed by atoms with Gasteiger partial charge in [-0.3, -0.25) is 9.48 Å². The highest BCUT2D eigenvalue weighted by molar-refractivity contribution is 5.94. The first-order valence-corrected chi connectivity index (χ1v) is 15.3. The zero-order chi connectivity index (χ0) is 29.9. The molecule has 220 valence electrons. The van der Waals surface area contributed by atoms with E-state index in [1.165, 1.54) is 11.1 Å². The van der Waals surface area contributed by atoms with Crippen LogP contribution in [0.3, 0.4) is 0 Å². The third kappa shape index (κ3) is 4.79. The minimum absolute atomic E-state index is 0.0733. The highest BCUT2D eigenvalue weighted by Gasteiger charge is 2.61. The molecule has 3 aromatic heterocycles. The molecule has 0 amide bonds. The van der Waals surface area contributed by atoms with Crippen LogP contribution in [-0.4, -0.2) is 48.7 Å². The first-order valence-electron chi connectivity index (χ1n) is 15.3. The normalized spacial score (nSPS) is 19.7. The third-order valence-corrected chi connectivity index (χ3v) is 9.53. The molecule has 2 unspecified atom stereocenters. The number of pyridine rings is 1. The second-order valence-corrected chi connectivity index (χ2v) is 12.7. The topological polar surface area (TPSA) is 89.1 Å². The van der Waals surface area contributed by atoms with Crippen molar-refractivity contribution in [2.45, 2.75) is 59.4 Å². The Balaban J connectivity index is 1.21. The summed E-state index contributed by atoms with van der Waals surface area (Å²) < 4.78 is 4.10. The predicted octanol–water partition coefficient (Wildman–Crippen LogP) is 6.57. The highest BCUT2D eigenvalue weighted by Crippen LogP contribution is 2.58. The van der Waals surface area contributed by atoms with Crippen LogP contribution in [0.5, 0.6) is 0 Å². The summed E-state index contributed by atoms with van der Waals surface area (Å²) in [6, 6.07) is 21.0. The van der Waals surface area contributed by atoms with Gasteiger partial charge in [0.15, 0.2) is 0 Å². The fraction of sp³-hybridized carbons (Fsp3) is 0.371. The Labute approximate surface area is 252 Å². The molecule has 5 aromatic rings. The van der Waals surface area contributed by atoms with Gasteiger partial charge >= 0.3 is 5.97 Å². The van der Waals surface area contributed by atoms with Gasteiger partial charge in [-0.25, -0.2) is 9.67 Å². The highest BCUT2D eigenvalue weighted by atomic mass is 16.4. The molecule has 2 atom stereocenters. The molecule has 2 fully saturated rings. The SMILES string of the molecule is Cc1nc(N2CCC3(CC3C(=O)O)C2)ccc1-n1nc(-c2cccc3nn(CCc4ccccc4)cc23)c(C(C)C)c1C. The van der Waals surface area contributed by atoms with E-state index in [1.807, 2.05) is 17.7 Å². The average Bonchev–Trinajstić information content (AvgIpc) is 3.26. The largest absolute Gasteiger partial charge is 0.481 e. The summed E-state index contributed by atoms with van der Waals surface area (Å²) in [5, 5.41) is 20.7. The number of aryl methyl sites for hydroxylation is 3. The average molecular weight is 575 g/mol. The second-order valence-electron chi connectivity index (χ2n) is 12.7. The number of aromatic nitrogens is 5. The Hall–Kier alpha value is -4.46. The molecular weight excluding hydrogens is 536 g/mol. The molecule has 8 heteroatoms. The molecule has 1 saturated carbocycles. The minimum Gasteiger partial charge on any atom is -0.481 e. The van der Waals surface area contributed by atoms with Gasteiger partial charge in [0.2, 0.25) is 0 Å². The van der Waals surface area contributed by atoms with Crippen LogP contribution in [0.2, 0.25) is 0 Å². The number of rotatable bonds is 8. The van der Waals surface area contributed by atoms with Crippen molar-refractivity contribution in [3.8, 4) is 16.9 Å². The lowest BCUT2D eigenvalue weighted by Crippen LogP contribution is -2.23. The Morgan fingerprint density at radius 2 is 1.86 bits per heavy atom. The van der Waals surface area contributed by atoms with Gasteiger partial charge in [0, 0.05) is 53.5 Å². The van der Waals surface area contributed by atoms with Gasteiger partial charge in [0.05, 0.1) is 28.5 Å². The fourth-order valence-corrected chi connectivity index (χ4v) is 7.12. The molecule has 1 aliphatic heterocycles. The molecule has 4 heterocycles. The lowest BCUT2D eigenvalue weighted by molar-refractivity contribution is -0.139. The summed E-state index contributed by atoms with van der Waals surface area (Å²) >= 11 is 0. The van der Waals surface area contributed by atoms with E-state index in [1.54, 1.807) is 0 Å². The van der Waals surface area contributed by atoms with Gasteiger partial charge < -0.3 is 10.0 Å². The van der Waals surface area contributed by atoms with Crippen molar-refractivity contribution in [1.29, 1.82) is 0 Å². The van der Waals surface area contributed by atoms with Crippen molar-refractivity contribution < 1.29 is 9.90 Å². The van der Waals surface area contributed by atoms with Gasteiger partial charge in [-0.1, -0.05) is 56.3 Å². The summed E-state index contributed by atoms with van der Waals surface area (Å²) in [4.78, 5) is 18.8. The molecule has 1 N–H and O–H groups in total. The number of hydrogen-bond donors (Lipinski definition) is 1. The smallest absolute Gasteiger partial charge is 0.307 e. The Kier molecular flexibility index (Phi) is 6.60. The maximum Gasteiger partial charge on any atom is 0.307 e. The van der Waals surface area contributed by atoms with Gasteiger partial charge in [-0.15, -0.1) is 0 Å². The number of anilines is 1. The lowest BCUT2D eigenvalue weighted by Gasteiger charge is -2.19. The molecule has 7 rings (SSSR count). The van der Waals surface area contributed by atoms with Crippen LogP contribution in [0.25, 0.3) is 27.8 Å².